The molecule has 6 nitrogen and oxygen atoms in total. The van der Waals surface area contributed by atoms with Crippen molar-refractivity contribution in [3.8, 4) is 11.5 Å². The van der Waals surface area contributed by atoms with Crippen molar-refractivity contribution in [2.75, 3.05) is 13.2 Å². The van der Waals surface area contributed by atoms with Crippen LogP contribution in [0.2, 0.25) is 0 Å². The minimum Gasteiger partial charge on any atom is -0.490 e. The van der Waals surface area contributed by atoms with E-state index < -0.39 is 0 Å². The van der Waals surface area contributed by atoms with E-state index in [0.717, 1.165) is 45.6 Å². The Morgan fingerprint density at radius 2 is 1.77 bits per heavy atom. The first-order chi connectivity index (χ1) is 15.0. The highest BCUT2D eigenvalue weighted by atomic mass is 16.5. The molecule has 4 rings (SSSR count). The number of carbonyl (C=O) groups excluding carboxylic acids is 2. The largest absolute Gasteiger partial charge is 0.490 e. The molecule has 162 valence electrons. The maximum Gasteiger partial charge on any atom is 0.240 e. The molecule has 1 aliphatic rings. The second-order valence-corrected chi connectivity index (χ2v) is 7.89. The zero-order valence-electron chi connectivity index (χ0n) is 18.3. The molecule has 0 unspecified atom stereocenters. The summed E-state index contributed by atoms with van der Waals surface area (Å²) in [5, 5.41) is 3.92. The van der Waals surface area contributed by atoms with E-state index in [2.05, 4.69) is 5.32 Å². The number of nitrogens with zero attached hydrogens (tertiary/aromatic N) is 1. The highest BCUT2D eigenvalue weighted by Crippen LogP contribution is 2.32. The lowest BCUT2D eigenvalue weighted by molar-refractivity contribution is -0.121. The maximum atomic E-state index is 12.8. The van der Waals surface area contributed by atoms with Crippen molar-refractivity contribution < 1.29 is 19.1 Å². The summed E-state index contributed by atoms with van der Waals surface area (Å²) in [4.78, 5) is 25.3. The van der Waals surface area contributed by atoms with E-state index in [9.17, 15) is 9.59 Å². The number of rotatable bonds is 6. The average Bonchev–Trinajstić information content (AvgIpc) is 2.90. The van der Waals surface area contributed by atoms with Gasteiger partial charge in [-0.05, 0) is 43.2 Å². The zero-order valence-corrected chi connectivity index (χ0v) is 18.3. The SMILES string of the molecule is CCC(=O)c1c(C)n(CC(=O)NCc2cc3c(cc2C)OCCCO3)c2ccccc12. The van der Waals surface area contributed by atoms with Crippen LogP contribution in [-0.4, -0.2) is 29.5 Å². The van der Waals surface area contributed by atoms with Gasteiger partial charge in [-0.2, -0.15) is 0 Å². The summed E-state index contributed by atoms with van der Waals surface area (Å²) in [5.74, 6) is 1.47. The highest BCUT2D eigenvalue weighted by Gasteiger charge is 2.20. The van der Waals surface area contributed by atoms with Gasteiger partial charge in [-0.25, -0.2) is 0 Å². The van der Waals surface area contributed by atoms with Gasteiger partial charge in [-0.3, -0.25) is 9.59 Å². The molecule has 1 amide bonds. The number of carbonyl (C=O) groups is 2. The summed E-state index contributed by atoms with van der Waals surface area (Å²) in [6.07, 6.45) is 1.29. The van der Waals surface area contributed by atoms with Gasteiger partial charge >= 0.3 is 0 Å². The number of benzene rings is 2. The lowest BCUT2D eigenvalue weighted by atomic mass is 10.1. The predicted molar refractivity (Wildman–Crippen MR) is 120 cm³/mol. The molecular weight excluding hydrogens is 392 g/mol. The molecule has 31 heavy (non-hydrogen) atoms. The number of amides is 1. The number of ether oxygens (including phenoxy) is 2. The van der Waals surface area contributed by atoms with E-state index in [1.165, 1.54) is 0 Å². The Balaban J connectivity index is 1.53. The minimum atomic E-state index is -0.106. The number of aryl methyl sites for hydroxylation is 1. The number of aromatic nitrogens is 1. The molecular formula is C25H28N2O4. The van der Waals surface area contributed by atoms with Crippen molar-refractivity contribution in [3.63, 3.8) is 0 Å². The summed E-state index contributed by atoms with van der Waals surface area (Å²) >= 11 is 0. The predicted octanol–water partition coefficient (Wildman–Crippen LogP) is 4.33. The Hall–Kier alpha value is -3.28. The number of hydrogen-bond donors (Lipinski definition) is 1. The molecule has 0 aliphatic carbocycles. The van der Waals surface area contributed by atoms with E-state index in [1.54, 1.807) is 0 Å². The van der Waals surface area contributed by atoms with Crippen LogP contribution in [0.4, 0.5) is 0 Å². The van der Waals surface area contributed by atoms with Crippen LogP contribution >= 0.6 is 0 Å². The third-order valence-electron chi connectivity index (χ3n) is 5.81. The van der Waals surface area contributed by atoms with Gasteiger partial charge in [-0.15, -0.1) is 0 Å². The van der Waals surface area contributed by atoms with Crippen LogP contribution in [-0.2, 0) is 17.9 Å². The molecule has 0 radical (unpaired) electrons. The van der Waals surface area contributed by atoms with E-state index >= 15 is 0 Å². The van der Waals surface area contributed by atoms with Gasteiger partial charge in [0.2, 0.25) is 5.91 Å². The number of nitrogens with one attached hydrogen (secondary N) is 1. The summed E-state index contributed by atoms with van der Waals surface area (Å²) in [6.45, 7) is 7.60. The van der Waals surface area contributed by atoms with E-state index in [4.69, 9.17) is 9.47 Å². The number of para-hydroxylation sites is 1. The Labute approximate surface area is 182 Å². The van der Waals surface area contributed by atoms with Crippen LogP contribution < -0.4 is 14.8 Å². The quantitative estimate of drug-likeness (QED) is 0.603. The van der Waals surface area contributed by atoms with Crippen LogP contribution in [0.5, 0.6) is 11.5 Å². The molecule has 3 aromatic rings. The van der Waals surface area contributed by atoms with Crippen LogP contribution in [0.3, 0.4) is 0 Å². The average molecular weight is 421 g/mol. The molecule has 0 spiro atoms. The van der Waals surface area contributed by atoms with Crippen molar-refractivity contribution in [3.05, 3.63) is 58.8 Å². The van der Waals surface area contributed by atoms with Crippen LogP contribution in [0.25, 0.3) is 10.9 Å². The summed E-state index contributed by atoms with van der Waals surface area (Å²) in [6, 6.07) is 11.7. The fraction of sp³-hybridized carbons (Fsp3) is 0.360. The third-order valence-corrected chi connectivity index (χ3v) is 5.81. The van der Waals surface area contributed by atoms with Gasteiger partial charge in [-0.1, -0.05) is 25.1 Å². The molecule has 0 bridgehead atoms. The van der Waals surface area contributed by atoms with E-state index in [-0.39, 0.29) is 18.2 Å². The second-order valence-electron chi connectivity index (χ2n) is 7.89. The number of ketones is 1. The van der Waals surface area contributed by atoms with Crippen molar-refractivity contribution in [2.24, 2.45) is 0 Å². The molecule has 1 aliphatic heterocycles. The maximum absolute atomic E-state index is 12.8. The Morgan fingerprint density at radius 3 is 2.52 bits per heavy atom. The summed E-state index contributed by atoms with van der Waals surface area (Å²) < 4.78 is 13.4. The molecule has 2 heterocycles. The molecule has 1 N–H and O–H groups in total. The first-order valence-corrected chi connectivity index (χ1v) is 10.8. The first kappa shape index (κ1) is 21.0. The monoisotopic (exact) mass is 420 g/mol. The molecule has 6 heteroatoms. The number of hydrogen-bond acceptors (Lipinski definition) is 4. The van der Waals surface area contributed by atoms with Crippen molar-refractivity contribution in [1.29, 1.82) is 0 Å². The van der Waals surface area contributed by atoms with Gasteiger partial charge < -0.3 is 19.4 Å². The molecule has 0 fully saturated rings. The second kappa shape index (κ2) is 8.84. The van der Waals surface area contributed by atoms with Crippen molar-refractivity contribution in [2.45, 2.75) is 46.7 Å². The normalized spacial score (nSPS) is 13.1. The topological polar surface area (TPSA) is 69.6 Å². The van der Waals surface area contributed by atoms with Gasteiger partial charge in [0.15, 0.2) is 17.3 Å². The number of fused-ring (bicyclic) bond motifs is 2. The smallest absolute Gasteiger partial charge is 0.240 e. The lowest BCUT2D eigenvalue weighted by Crippen LogP contribution is -2.27. The van der Waals surface area contributed by atoms with Crippen LogP contribution in [0.15, 0.2) is 36.4 Å². The minimum absolute atomic E-state index is 0.0932. The number of Topliss-reactive ketones (excluding diaryl/α,β-unsaturated/α-hetero) is 1. The molecule has 1 aromatic heterocycles. The standard InChI is InChI=1S/C25H28N2O4/c1-4-21(28)25-17(3)27(20-9-6-5-8-19(20)25)15-24(29)26-14-18-13-23-22(12-16(18)2)30-10-7-11-31-23/h5-6,8-9,12-13H,4,7,10-11,14-15H2,1-3H3,(H,26,29). The van der Waals surface area contributed by atoms with Crippen LogP contribution in [0.1, 0.15) is 46.9 Å². The van der Waals surface area contributed by atoms with Crippen molar-refractivity contribution >= 4 is 22.6 Å². The van der Waals surface area contributed by atoms with Gasteiger partial charge in [0, 0.05) is 41.5 Å². The Bertz CT molecular complexity index is 1150. The Kier molecular flexibility index (Phi) is 5.98. The third kappa shape index (κ3) is 4.15. The van der Waals surface area contributed by atoms with Gasteiger partial charge in [0.1, 0.15) is 6.54 Å². The zero-order chi connectivity index (χ0) is 22.0. The molecule has 0 saturated carbocycles. The Morgan fingerprint density at radius 1 is 1.06 bits per heavy atom. The van der Waals surface area contributed by atoms with E-state index in [1.807, 2.05) is 61.7 Å². The van der Waals surface area contributed by atoms with Gasteiger partial charge in [0.25, 0.3) is 0 Å². The van der Waals surface area contributed by atoms with Crippen molar-refractivity contribution in [1.82, 2.24) is 9.88 Å². The fourth-order valence-corrected chi connectivity index (χ4v) is 4.10. The summed E-state index contributed by atoms with van der Waals surface area (Å²) in [7, 11) is 0. The molecule has 0 atom stereocenters. The molecule has 0 saturated heterocycles. The first-order valence-electron chi connectivity index (χ1n) is 10.8. The highest BCUT2D eigenvalue weighted by molar-refractivity contribution is 6.09. The summed E-state index contributed by atoms with van der Waals surface area (Å²) in [5.41, 5.74) is 4.48. The molecule has 2 aromatic carbocycles. The fourth-order valence-electron chi connectivity index (χ4n) is 4.10. The van der Waals surface area contributed by atoms with E-state index in [0.29, 0.717) is 31.7 Å². The van der Waals surface area contributed by atoms with Gasteiger partial charge in [0.05, 0.1) is 13.2 Å². The lowest BCUT2D eigenvalue weighted by Gasteiger charge is -2.14. The van der Waals surface area contributed by atoms with Crippen LogP contribution in [0, 0.1) is 13.8 Å².